The Morgan fingerprint density at radius 1 is 1.58 bits per heavy atom. The zero-order valence-electron chi connectivity index (χ0n) is 7.12. The first-order valence-electron chi connectivity index (χ1n) is 3.83. The maximum atomic E-state index is 5.74. The van der Waals surface area contributed by atoms with Gasteiger partial charge in [0.2, 0.25) is 0 Å². The molecule has 1 rings (SSSR count). The van der Waals surface area contributed by atoms with Crippen LogP contribution in [0.2, 0.25) is 0 Å². The molecule has 0 aromatic carbocycles. The molecule has 0 aliphatic rings. The second kappa shape index (κ2) is 3.51. The van der Waals surface area contributed by atoms with Gasteiger partial charge in [0.25, 0.3) is 0 Å². The Hall–Kier alpha value is -1.13. The first kappa shape index (κ1) is 8.96. The van der Waals surface area contributed by atoms with E-state index in [0.29, 0.717) is 12.4 Å². The van der Waals surface area contributed by atoms with E-state index in [9.17, 15) is 0 Å². The molecule has 0 saturated heterocycles. The normalized spacial score (nSPS) is 12.9. The molecule has 0 aliphatic carbocycles. The lowest BCUT2D eigenvalue weighted by molar-refractivity contribution is 0.728. The Kier molecular flexibility index (Phi) is 2.62. The summed E-state index contributed by atoms with van der Waals surface area (Å²) in [6.07, 6.45) is 1.68. The van der Waals surface area contributed by atoms with Crippen LogP contribution in [0.4, 0.5) is 5.82 Å². The molecule has 0 radical (unpaired) electrons. The van der Waals surface area contributed by atoms with Crippen molar-refractivity contribution in [3.63, 3.8) is 0 Å². The van der Waals surface area contributed by atoms with Gasteiger partial charge in [-0.1, -0.05) is 0 Å². The van der Waals surface area contributed by atoms with Gasteiger partial charge in [0.1, 0.15) is 5.82 Å². The van der Waals surface area contributed by atoms with Crippen molar-refractivity contribution in [2.45, 2.75) is 13.0 Å². The minimum Gasteiger partial charge on any atom is -0.384 e. The van der Waals surface area contributed by atoms with E-state index in [2.05, 4.69) is 4.98 Å². The molecular formula is C8H14N4. The summed E-state index contributed by atoms with van der Waals surface area (Å²) in [5, 5.41) is 0. The van der Waals surface area contributed by atoms with Crippen molar-refractivity contribution in [3.8, 4) is 0 Å². The minimum atomic E-state index is -0.141. The van der Waals surface area contributed by atoms with Crippen molar-refractivity contribution in [1.82, 2.24) is 4.98 Å². The van der Waals surface area contributed by atoms with E-state index < -0.39 is 0 Å². The molecule has 66 valence electrons. The van der Waals surface area contributed by atoms with E-state index >= 15 is 0 Å². The lowest BCUT2D eigenvalue weighted by Crippen LogP contribution is -2.21. The van der Waals surface area contributed by atoms with Gasteiger partial charge in [0.05, 0.1) is 0 Å². The van der Waals surface area contributed by atoms with Gasteiger partial charge in [-0.2, -0.15) is 0 Å². The highest BCUT2D eigenvalue weighted by Crippen LogP contribution is 2.14. The maximum Gasteiger partial charge on any atom is 0.123 e. The second-order valence-electron chi connectivity index (χ2n) is 2.81. The molecule has 12 heavy (non-hydrogen) atoms. The van der Waals surface area contributed by atoms with Crippen molar-refractivity contribution in [3.05, 3.63) is 23.4 Å². The summed E-state index contributed by atoms with van der Waals surface area (Å²) in [6, 6.07) is 1.66. The van der Waals surface area contributed by atoms with E-state index in [-0.39, 0.29) is 6.04 Å². The minimum absolute atomic E-state index is 0.141. The van der Waals surface area contributed by atoms with Crippen LogP contribution in [0.1, 0.15) is 17.2 Å². The molecule has 0 aliphatic heterocycles. The van der Waals surface area contributed by atoms with E-state index in [1.807, 2.05) is 6.92 Å². The van der Waals surface area contributed by atoms with Crippen LogP contribution in [-0.4, -0.2) is 11.5 Å². The van der Waals surface area contributed by atoms with Crippen molar-refractivity contribution >= 4 is 5.82 Å². The number of nitrogen functional groups attached to an aromatic ring is 1. The smallest absolute Gasteiger partial charge is 0.123 e. The standard InChI is InChI=1S/C8H14N4/c1-5-2-8(11)12-4-6(5)7(10)3-9/h2,4,7H,3,9-10H2,1H3,(H2,11,12)/t7-/m0/s1. The number of aryl methyl sites for hydroxylation is 1. The topological polar surface area (TPSA) is 90.9 Å². The molecule has 1 aromatic heterocycles. The molecule has 4 heteroatoms. The molecule has 1 heterocycles. The lowest BCUT2D eigenvalue weighted by Gasteiger charge is -2.11. The molecule has 4 nitrogen and oxygen atoms in total. The zero-order chi connectivity index (χ0) is 9.14. The summed E-state index contributed by atoms with van der Waals surface area (Å²) in [4.78, 5) is 3.95. The molecule has 0 amide bonds. The van der Waals surface area contributed by atoms with E-state index in [1.165, 1.54) is 0 Å². The molecule has 0 bridgehead atoms. The maximum absolute atomic E-state index is 5.74. The van der Waals surface area contributed by atoms with Crippen LogP contribution in [0.25, 0.3) is 0 Å². The second-order valence-corrected chi connectivity index (χ2v) is 2.81. The fourth-order valence-corrected chi connectivity index (χ4v) is 1.10. The molecule has 6 N–H and O–H groups in total. The number of anilines is 1. The highest BCUT2D eigenvalue weighted by Gasteiger charge is 2.06. The van der Waals surface area contributed by atoms with Gasteiger partial charge >= 0.3 is 0 Å². The zero-order valence-corrected chi connectivity index (χ0v) is 7.12. The first-order valence-corrected chi connectivity index (χ1v) is 3.83. The number of rotatable bonds is 2. The van der Waals surface area contributed by atoms with Gasteiger partial charge in [-0.3, -0.25) is 0 Å². The summed E-state index contributed by atoms with van der Waals surface area (Å²) in [6.45, 7) is 2.37. The summed E-state index contributed by atoms with van der Waals surface area (Å²) in [7, 11) is 0. The van der Waals surface area contributed by atoms with Crippen molar-refractivity contribution in [1.29, 1.82) is 0 Å². The predicted octanol–water partition coefficient (Wildman–Crippen LogP) is -0.0693. The molecule has 0 unspecified atom stereocenters. The van der Waals surface area contributed by atoms with Crippen LogP contribution in [0.5, 0.6) is 0 Å². The van der Waals surface area contributed by atoms with Crippen LogP contribution in [-0.2, 0) is 0 Å². The lowest BCUT2D eigenvalue weighted by atomic mass is 10.1. The number of aromatic nitrogens is 1. The van der Waals surface area contributed by atoms with E-state index in [4.69, 9.17) is 17.2 Å². The fourth-order valence-electron chi connectivity index (χ4n) is 1.10. The van der Waals surface area contributed by atoms with Gasteiger partial charge < -0.3 is 17.2 Å². The third-order valence-electron chi connectivity index (χ3n) is 1.83. The number of hydrogen-bond acceptors (Lipinski definition) is 4. The molecule has 0 saturated carbocycles. The van der Waals surface area contributed by atoms with Crippen LogP contribution < -0.4 is 17.2 Å². The van der Waals surface area contributed by atoms with Gasteiger partial charge in [-0.25, -0.2) is 4.98 Å². The van der Waals surface area contributed by atoms with Crippen LogP contribution >= 0.6 is 0 Å². The van der Waals surface area contributed by atoms with E-state index in [1.54, 1.807) is 12.3 Å². The molecule has 0 spiro atoms. The summed E-state index contributed by atoms with van der Waals surface area (Å²) in [5.74, 6) is 0.514. The summed E-state index contributed by atoms with van der Waals surface area (Å²) >= 11 is 0. The summed E-state index contributed by atoms with van der Waals surface area (Å²) in [5.41, 5.74) is 18.7. The Morgan fingerprint density at radius 3 is 2.75 bits per heavy atom. The van der Waals surface area contributed by atoms with Crippen molar-refractivity contribution in [2.75, 3.05) is 12.3 Å². The number of nitrogens with two attached hydrogens (primary N) is 3. The average molecular weight is 166 g/mol. The summed E-state index contributed by atoms with van der Waals surface area (Å²) < 4.78 is 0. The number of pyridine rings is 1. The van der Waals surface area contributed by atoms with Crippen molar-refractivity contribution in [2.24, 2.45) is 11.5 Å². The third-order valence-corrected chi connectivity index (χ3v) is 1.83. The molecular weight excluding hydrogens is 152 g/mol. The Bertz CT molecular complexity index is 272. The van der Waals surface area contributed by atoms with Gasteiger partial charge in [-0.05, 0) is 24.1 Å². The van der Waals surface area contributed by atoms with Gasteiger partial charge in [0.15, 0.2) is 0 Å². The largest absolute Gasteiger partial charge is 0.384 e. The Morgan fingerprint density at radius 2 is 2.25 bits per heavy atom. The quantitative estimate of drug-likeness (QED) is 0.573. The predicted molar refractivity (Wildman–Crippen MR) is 49.4 cm³/mol. The highest BCUT2D eigenvalue weighted by atomic mass is 14.8. The van der Waals surface area contributed by atoms with Gasteiger partial charge in [0, 0.05) is 18.8 Å². The monoisotopic (exact) mass is 166 g/mol. The first-order chi connectivity index (χ1) is 5.65. The van der Waals surface area contributed by atoms with Crippen molar-refractivity contribution < 1.29 is 0 Å². The van der Waals surface area contributed by atoms with Crippen LogP contribution in [0.3, 0.4) is 0 Å². The number of hydrogen-bond donors (Lipinski definition) is 3. The molecule has 1 atom stereocenters. The average Bonchev–Trinajstić information content (AvgIpc) is 2.03. The van der Waals surface area contributed by atoms with Crippen LogP contribution in [0, 0.1) is 6.92 Å². The number of nitrogens with zero attached hydrogens (tertiary/aromatic N) is 1. The SMILES string of the molecule is Cc1cc(N)ncc1[C@@H](N)CN. The Labute approximate surface area is 71.8 Å². The van der Waals surface area contributed by atoms with E-state index in [0.717, 1.165) is 11.1 Å². The Balaban J connectivity index is 3.01. The molecule has 0 fully saturated rings. The van der Waals surface area contributed by atoms with Crippen LogP contribution in [0.15, 0.2) is 12.3 Å². The van der Waals surface area contributed by atoms with Gasteiger partial charge in [-0.15, -0.1) is 0 Å². The third kappa shape index (κ3) is 1.72. The fraction of sp³-hybridized carbons (Fsp3) is 0.375. The highest BCUT2D eigenvalue weighted by molar-refractivity contribution is 5.37. The molecule has 1 aromatic rings.